The lowest BCUT2D eigenvalue weighted by Crippen LogP contribution is -2.55. The molecule has 4 N–H and O–H groups in total. The Kier molecular flexibility index (Phi) is 3.50. The highest BCUT2D eigenvalue weighted by atomic mass is 16.4. The zero-order valence-corrected chi connectivity index (χ0v) is 11.1. The standard InChI is InChI=1S/C13H23N3O2/c1-3-13(2,12(14)16-18)15-11(17)10-8-6-4-5-7-9(8)10/h8-10,18H,3-7H2,1-2H3,(H2,14,16)(H,15,17). The highest BCUT2D eigenvalue weighted by molar-refractivity contribution is 5.94. The van der Waals surface area contributed by atoms with Crippen molar-refractivity contribution in [2.75, 3.05) is 0 Å². The first kappa shape index (κ1) is 13.2. The molecule has 0 radical (unpaired) electrons. The van der Waals surface area contributed by atoms with E-state index in [-0.39, 0.29) is 17.7 Å². The van der Waals surface area contributed by atoms with Crippen LogP contribution in [0.25, 0.3) is 0 Å². The molecule has 0 saturated heterocycles. The smallest absolute Gasteiger partial charge is 0.224 e. The van der Waals surface area contributed by atoms with Gasteiger partial charge in [0.2, 0.25) is 5.91 Å². The Balaban J connectivity index is 1.99. The number of amides is 1. The molecule has 0 bridgehead atoms. The molecule has 0 aromatic rings. The molecule has 1 amide bonds. The summed E-state index contributed by atoms with van der Waals surface area (Å²) >= 11 is 0. The van der Waals surface area contributed by atoms with Gasteiger partial charge in [-0.3, -0.25) is 4.79 Å². The lowest BCUT2D eigenvalue weighted by atomic mass is 9.97. The highest BCUT2D eigenvalue weighted by Gasteiger charge is 2.55. The van der Waals surface area contributed by atoms with E-state index in [9.17, 15) is 4.79 Å². The van der Waals surface area contributed by atoms with E-state index in [1.165, 1.54) is 25.7 Å². The molecule has 18 heavy (non-hydrogen) atoms. The quantitative estimate of drug-likeness (QED) is 0.307. The summed E-state index contributed by atoms with van der Waals surface area (Å²) in [5.41, 5.74) is 4.92. The molecule has 3 unspecified atom stereocenters. The average Bonchev–Trinajstić information content (AvgIpc) is 3.11. The summed E-state index contributed by atoms with van der Waals surface area (Å²) in [6.45, 7) is 3.71. The van der Waals surface area contributed by atoms with Crippen LogP contribution in [-0.4, -0.2) is 22.5 Å². The summed E-state index contributed by atoms with van der Waals surface area (Å²) in [5.74, 6) is 1.45. The molecule has 0 spiro atoms. The second-order valence-electron chi connectivity index (χ2n) is 5.80. The molecular formula is C13H23N3O2. The zero-order valence-electron chi connectivity index (χ0n) is 11.1. The van der Waals surface area contributed by atoms with Crippen molar-refractivity contribution in [1.29, 1.82) is 0 Å². The Labute approximate surface area is 108 Å². The third-order valence-electron chi connectivity index (χ3n) is 4.74. The van der Waals surface area contributed by atoms with Gasteiger partial charge in [0.25, 0.3) is 0 Å². The van der Waals surface area contributed by atoms with Crippen LogP contribution in [0.3, 0.4) is 0 Å². The second kappa shape index (κ2) is 4.78. The van der Waals surface area contributed by atoms with Gasteiger partial charge in [0, 0.05) is 5.92 Å². The van der Waals surface area contributed by atoms with E-state index in [2.05, 4.69) is 10.5 Å². The van der Waals surface area contributed by atoms with Gasteiger partial charge in [-0.25, -0.2) is 0 Å². The Morgan fingerprint density at radius 2 is 2.00 bits per heavy atom. The molecule has 2 aliphatic carbocycles. The molecule has 2 saturated carbocycles. The van der Waals surface area contributed by atoms with Gasteiger partial charge in [0.15, 0.2) is 5.84 Å². The minimum Gasteiger partial charge on any atom is -0.409 e. The van der Waals surface area contributed by atoms with E-state index >= 15 is 0 Å². The molecule has 102 valence electrons. The van der Waals surface area contributed by atoms with Gasteiger partial charge in [-0.2, -0.15) is 0 Å². The number of carbonyl (C=O) groups is 1. The zero-order chi connectivity index (χ0) is 13.3. The number of nitrogens with two attached hydrogens (primary N) is 1. The van der Waals surface area contributed by atoms with Crippen LogP contribution in [0.5, 0.6) is 0 Å². The first-order valence-corrected chi connectivity index (χ1v) is 6.83. The number of hydrogen-bond acceptors (Lipinski definition) is 3. The van der Waals surface area contributed by atoms with Crippen LogP contribution in [0.1, 0.15) is 46.0 Å². The van der Waals surface area contributed by atoms with E-state index in [0.29, 0.717) is 18.3 Å². The van der Waals surface area contributed by atoms with Crippen molar-refractivity contribution < 1.29 is 10.0 Å². The maximum Gasteiger partial charge on any atom is 0.224 e. The number of hydrogen-bond donors (Lipinski definition) is 3. The van der Waals surface area contributed by atoms with Crippen molar-refractivity contribution in [2.24, 2.45) is 28.6 Å². The number of fused-ring (bicyclic) bond motifs is 1. The Bertz CT molecular complexity index is 357. The third kappa shape index (κ3) is 2.18. The number of carbonyl (C=O) groups excluding carboxylic acids is 1. The van der Waals surface area contributed by atoms with Crippen LogP contribution in [0.4, 0.5) is 0 Å². The number of amidine groups is 1. The Morgan fingerprint density at radius 3 is 2.44 bits per heavy atom. The predicted molar refractivity (Wildman–Crippen MR) is 69.2 cm³/mol. The van der Waals surface area contributed by atoms with Gasteiger partial charge >= 0.3 is 0 Å². The van der Waals surface area contributed by atoms with Crippen molar-refractivity contribution in [1.82, 2.24) is 5.32 Å². The number of rotatable bonds is 4. The lowest BCUT2D eigenvalue weighted by Gasteiger charge is -2.28. The fraction of sp³-hybridized carbons (Fsp3) is 0.846. The SMILES string of the molecule is CCC(C)(NC(=O)C1C2CCCCC21)C(N)=NO. The Morgan fingerprint density at radius 1 is 1.44 bits per heavy atom. The predicted octanol–water partition coefficient (Wildman–Crippen LogP) is 1.45. The minimum absolute atomic E-state index is 0.0713. The average molecular weight is 253 g/mol. The van der Waals surface area contributed by atoms with Crippen LogP contribution < -0.4 is 11.1 Å². The molecule has 0 heterocycles. The highest BCUT2D eigenvalue weighted by Crippen LogP contribution is 2.55. The van der Waals surface area contributed by atoms with Crippen LogP contribution in [0.15, 0.2) is 5.16 Å². The van der Waals surface area contributed by atoms with E-state index in [1.807, 2.05) is 6.92 Å². The Hall–Kier alpha value is -1.26. The molecule has 2 aliphatic rings. The van der Waals surface area contributed by atoms with Gasteiger partial charge in [-0.05, 0) is 38.0 Å². The molecule has 0 aromatic heterocycles. The first-order valence-electron chi connectivity index (χ1n) is 6.83. The number of nitrogens with one attached hydrogen (secondary N) is 1. The van der Waals surface area contributed by atoms with E-state index in [4.69, 9.17) is 10.9 Å². The molecule has 5 heteroatoms. The van der Waals surface area contributed by atoms with Crippen LogP contribution >= 0.6 is 0 Å². The molecule has 3 atom stereocenters. The largest absolute Gasteiger partial charge is 0.409 e. The van der Waals surface area contributed by atoms with Gasteiger partial charge < -0.3 is 16.3 Å². The van der Waals surface area contributed by atoms with Gasteiger partial charge in [0.05, 0.1) is 5.54 Å². The van der Waals surface area contributed by atoms with Crippen molar-refractivity contribution in [3.8, 4) is 0 Å². The van der Waals surface area contributed by atoms with E-state index in [1.54, 1.807) is 6.92 Å². The summed E-state index contributed by atoms with van der Waals surface area (Å²) in [5, 5.41) is 14.8. The summed E-state index contributed by atoms with van der Waals surface area (Å²) in [6.07, 6.45) is 5.45. The van der Waals surface area contributed by atoms with Crippen LogP contribution in [0, 0.1) is 17.8 Å². The number of oxime groups is 1. The summed E-state index contributed by atoms with van der Waals surface area (Å²) < 4.78 is 0. The van der Waals surface area contributed by atoms with Crippen molar-refractivity contribution >= 4 is 11.7 Å². The molecule has 2 rings (SSSR count). The van der Waals surface area contributed by atoms with Crippen LogP contribution in [-0.2, 0) is 4.79 Å². The van der Waals surface area contributed by atoms with E-state index in [0.717, 1.165) is 0 Å². The number of nitrogens with zero attached hydrogens (tertiary/aromatic N) is 1. The maximum atomic E-state index is 12.3. The lowest BCUT2D eigenvalue weighted by molar-refractivity contribution is -0.124. The normalized spacial score (nSPS) is 34.3. The topological polar surface area (TPSA) is 87.7 Å². The summed E-state index contributed by atoms with van der Waals surface area (Å²) in [7, 11) is 0. The summed E-state index contributed by atoms with van der Waals surface area (Å²) in [6, 6.07) is 0. The van der Waals surface area contributed by atoms with Crippen molar-refractivity contribution in [3.05, 3.63) is 0 Å². The fourth-order valence-electron chi connectivity index (χ4n) is 3.18. The third-order valence-corrected chi connectivity index (χ3v) is 4.74. The molecule has 0 aromatic carbocycles. The van der Waals surface area contributed by atoms with Crippen molar-refractivity contribution in [2.45, 2.75) is 51.5 Å². The fourth-order valence-corrected chi connectivity index (χ4v) is 3.18. The monoisotopic (exact) mass is 253 g/mol. The van der Waals surface area contributed by atoms with Gasteiger partial charge in [0.1, 0.15) is 0 Å². The minimum atomic E-state index is -0.739. The van der Waals surface area contributed by atoms with Gasteiger partial charge in [-0.1, -0.05) is 24.9 Å². The first-order chi connectivity index (χ1) is 8.53. The second-order valence-corrected chi connectivity index (χ2v) is 5.80. The van der Waals surface area contributed by atoms with Crippen molar-refractivity contribution in [3.63, 3.8) is 0 Å². The molecule has 2 fully saturated rings. The van der Waals surface area contributed by atoms with Crippen LogP contribution in [0.2, 0.25) is 0 Å². The molecule has 5 nitrogen and oxygen atoms in total. The van der Waals surface area contributed by atoms with Gasteiger partial charge in [-0.15, -0.1) is 0 Å². The molecule has 0 aliphatic heterocycles. The molecular weight excluding hydrogens is 230 g/mol. The maximum absolute atomic E-state index is 12.3. The van der Waals surface area contributed by atoms with E-state index < -0.39 is 5.54 Å². The summed E-state index contributed by atoms with van der Waals surface area (Å²) in [4.78, 5) is 12.3.